The number of nitrogens with zero attached hydrogens (tertiary/aromatic N) is 1. The third-order valence-corrected chi connectivity index (χ3v) is 3.72. The number of nitrogens with one attached hydrogen (secondary N) is 1. The third-order valence-electron chi connectivity index (χ3n) is 3.23. The number of carbonyl (C=O) groups excluding carboxylic acids is 1. The van der Waals surface area contributed by atoms with Gasteiger partial charge in [-0.15, -0.1) is 0 Å². The first-order valence-electron chi connectivity index (χ1n) is 5.78. The minimum absolute atomic E-state index is 0.174. The number of aryl methyl sites for hydroxylation is 1. The summed E-state index contributed by atoms with van der Waals surface area (Å²) in [4.78, 5) is 13.8. The second-order valence-electron chi connectivity index (χ2n) is 4.62. The lowest BCUT2D eigenvalue weighted by atomic mass is 10.0. The van der Waals surface area contributed by atoms with Crippen LogP contribution in [0.25, 0.3) is 0 Å². The van der Waals surface area contributed by atoms with Gasteiger partial charge in [-0.25, -0.2) is 0 Å². The van der Waals surface area contributed by atoms with Crippen LogP contribution in [0.4, 0.5) is 0 Å². The Morgan fingerprint density at radius 3 is 2.82 bits per heavy atom. The van der Waals surface area contributed by atoms with Gasteiger partial charge in [-0.3, -0.25) is 4.79 Å². The highest BCUT2D eigenvalue weighted by molar-refractivity contribution is 9.10. The number of benzene rings is 1. The zero-order valence-corrected chi connectivity index (χ0v) is 11.8. The first kappa shape index (κ1) is 12.6. The van der Waals surface area contributed by atoms with Gasteiger partial charge in [-0.2, -0.15) is 0 Å². The van der Waals surface area contributed by atoms with Gasteiger partial charge >= 0.3 is 0 Å². The molecule has 1 aliphatic rings. The minimum atomic E-state index is 0.174. The predicted molar refractivity (Wildman–Crippen MR) is 71.7 cm³/mol. The van der Waals surface area contributed by atoms with E-state index in [9.17, 15) is 4.79 Å². The van der Waals surface area contributed by atoms with Gasteiger partial charge in [0, 0.05) is 31.2 Å². The van der Waals surface area contributed by atoms with Crippen molar-refractivity contribution in [3.63, 3.8) is 0 Å². The Morgan fingerprint density at radius 2 is 2.24 bits per heavy atom. The molecule has 17 heavy (non-hydrogen) atoms. The molecule has 0 radical (unpaired) electrons. The summed E-state index contributed by atoms with van der Waals surface area (Å²) in [6, 6.07) is 6.18. The number of carbonyl (C=O) groups is 1. The lowest BCUT2D eigenvalue weighted by Gasteiger charge is -2.30. The molecule has 1 saturated heterocycles. The van der Waals surface area contributed by atoms with Crippen LogP contribution in [0.15, 0.2) is 22.7 Å². The molecule has 1 aromatic carbocycles. The van der Waals surface area contributed by atoms with E-state index in [1.54, 1.807) is 0 Å². The molecule has 0 atom stereocenters. The maximum Gasteiger partial charge on any atom is 0.228 e. The van der Waals surface area contributed by atoms with Crippen molar-refractivity contribution in [3.8, 4) is 0 Å². The van der Waals surface area contributed by atoms with E-state index in [1.807, 2.05) is 18.0 Å². The van der Waals surface area contributed by atoms with Crippen LogP contribution in [-0.2, 0) is 11.3 Å². The molecule has 0 aromatic heterocycles. The summed E-state index contributed by atoms with van der Waals surface area (Å²) < 4.78 is 1.06. The van der Waals surface area contributed by atoms with Crippen molar-refractivity contribution in [1.82, 2.24) is 10.2 Å². The highest BCUT2D eigenvalue weighted by atomic mass is 79.9. The van der Waals surface area contributed by atoms with E-state index in [0.717, 1.165) is 17.6 Å². The summed E-state index contributed by atoms with van der Waals surface area (Å²) in [5.74, 6) is 0.413. The van der Waals surface area contributed by atoms with Crippen molar-refractivity contribution in [2.75, 3.05) is 20.1 Å². The standard InChI is InChI=1S/C13H17BrN2O/c1-9-3-4-12(14)5-10(9)8-16(2)13(17)11-6-15-7-11/h3-5,11,15H,6-8H2,1-2H3. The molecule has 1 amide bonds. The Labute approximate surface area is 110 Å². The molecule has 1 N–H and O–H groups in total. The fraction of sp³-hybridized carbons (Fsp3) is 0.462. The van der Waals surface area contributed by atoms with Gasteiger partial charge in [-0.05, 0) is 30.2 Å². The number of halogens is 1. The fourth-order valence-corrected chi connectivity index (χ4v) is 2.33. The quantitative estimate of drug-likeness (QED) is 0.924. The molecule has 0 unspecified atom stereocenters. The van der Waals surface area contributed by atoms with Crippen LogP contribution in [0.5, 0.6) is 0 Å². The van der Waals surface area contributed by atoms with E-state index in [0.29, 0.717) is 6.54 Å². The molecule has 1 aliphatic heterocycles. The van der Waals surface area contributed by atoms with E-state index in [-0.39, 0.29) is 11.8 Å². The summed E-state index contributed by atoms with van der Waals surface area (Å²) in [5.41, 5.74) is 2.42. The number of hydrogen-bond acceptors (Lipinski definition) is 2. The van der Waals surface area contributed by atoms with Crippen LogP contribution in [0.1, 0.15) is 11.1 Å². The topological polar surface area (TPSA) is 32.3 Å². The molecule has 3 nitrogen and oxygen atoms in total. The van der Waals surface area contributed by atoms with Crippen molar-refractivity contribution < 1.29 is 4.79 Å². The van der Waals surface area contributed by atoms with Crippen LogP contribution < -0.4 is 5.32 Å². The van der Waals surface area contributed by atoms with Crippen molar-refractivity contribution in [2.45, 2.75) is 13.5 Å². The third kappa shape index (κ3) is 2.87. The van der Waals surface area contributed by atoms with Crippen LogP contribution in [0.2, 0.25) is 0 Å². The highest BCUT2D eigenvalue weighted by Gasteiger charge is 2.27. The van der Waals surface area contributed by atoms with Crippen LogP contribution >= 0.6 is 15.9 Å². The SMILES string of the molecule is Cc1ccc(Br)cc1CN(C)C(=O)C1CNC1. The lowest BCUT2D eigenvalue weighted by molar-refractivity contribution is -0.136. The van der Waals surface area contributed by atoms with E-state index in [2.05, 4.69) is 40.3 Å². The Hall–Kier alpha value is -0.870. The first-order valence-corrected chi connectivity index (χ1v) is 6.58. The molecule has 92 valence electrons. The van der Waals surface area contributed by atoms with Gasteiger partial charge in [0.2, 0.25) is 5.91 Å². The van der Waals surface area contributed by atoms with Gasteiger partial charge in [0.15, 0.2) is 0 Å². The molecule has 0 bridgehead atoms. The van der Waals surface area contributed by atoms with Crippen LogP contribution in [-0.4, -0.2) is 30.9 Å². The van der Waals surface area contributed by atoms with Crippen LogP contribution in [0.3, 0.4) is 0 Å². The Kier molecular flexibility index (Phi) is 3.84. The Bertz CT molecular complexity index is 429. The number of amides is 1. The van der Waals surface area contributed by atoms with Gasteiger partial charge in [-0.1, -0.05) is 22.0 Å². The second kappa shape index (κ2) is 5.19. The minimum Gasteiger partial charge on any atom is -0.341 e. The summed E-state index contributed by atoms with van der Waals surface area (Å²) in [5, 5.41) is 3.13. The average molecular weight is 297 g/mol. The number of hydrogen-bond donors (Lipinski definition) is 1. The molecule has 0 aliphatic carbocycles. The Balaban J connectivity index is 2.04. The lowest BCUT2D eigenvalue weighted by Crippen LogP contribution is -2.51. The molecular formula is C13H17BrN2O. The molecule has 4 heteroatoms. The Morgan fingerprint density at radius 1 is 1.53 bits per heavy atom. The molecular weight excluding hydrogens is 280 g/mol. The highest BCUT2D eigenvalue weighted by Crippen LogP contribution is 2.18. The van der Waals surface area contributed by atoms with E-state index >= 15 is 0 Å². The zero-order valence-electron chi connectivity index (χ0n) is 10.2. The normalized spacial score (nSPS) is 15.5. The maximum atomic E-state index is 12.0. The smallest absolute Gasteiger partial charge is 0.228 e. The van der Waals surface area contributed by atoms with Gasteiger partial charge in [0.1, 0.15) is 0 Å². The van der Waals surface area contributed by atoms with Crippen molar-refractivity contribution in [1.29, 1.82) is 0 Å². The zero-order chi connectivity index (χ0) is 12.4. The largest absolute Gasteiger partial charge is 0.341 e. The maximum absolute atomic E-state index is 12.0. The van der Waals surface area contributed by atoms with Crippen LogP contribution in [0, 0.1) is 12.8 Å². The van der Waals surface area contributed by atoms with Crippen molar-refractivity contribution >= 4 is 21.8 Å². The predicted octanol–water partition coefficient (Wildman–Crippen LogP) is 1.94. The van der Waals surface area contributed by atoms with E-state index in [4.69, 9.17) is 0 Å². The second-order valence-corrected chi connectivity index (χ2v) is 5.54. The number of rotatable bonds is 3. The average Bonchev–Trinajstić information content (AvgIpc) is 2.21. The monoisotopic (exact) mass is 296 g/mol. The van der Waals surface area contributed by atoms with Crippen molar-refractivity contribution in [2.24, 2.45) is 5.92 Å². The van der Waals surface area contributed by atoms with Gasteiger partial charge in [0.25, 0.3) is 0 Å². The summed E-state index contributed by atoms with van der Waals surface area (Å²) >= 11 is 3.46. The van der Waals surface area contributed by atoms with E-state index in [1.165, 1.54) is 11.1 Å². The molecule has 0 spiro atoms. The molecule has 0 saturated carbocycles. The summed E-state index contributed by atoms with van der Waals surface area (Å²) in [6.45, 7) is 4.40. The molecule has 1 heterocycles. The first-order chi connectivity index (χ1) is 8.08. The molecule has 1 aromatic rings. The van der Waals surface area contributed by atoms with Gasteiger partial charge in [0.05, 0.1) is 5.92 Å². The fourth-order valence-electron chi connectivity index (χ4n) is 1.92. The summed E-state index contributed by atoms with van der Waals surface area (Å²) in [6.07, 6.45) is 0. The van der Waals surface area contributed by atoms with E-state index < -0.39 is 0 Å². The van der Waals surface area contributed by atoms with Gasteiger partial charge < -0.3 is 10.2 Å². The molecule has 1 fully saturated rings. The van der Waals surface area contributed by atoms with Crippen molar-refractivity contribution in [3.05, 3.63) is 33.8 Å². The summed E-state index contributed by atoms with van der Waals surface area (Å²) in [7, 11) is 1.88. The molecule has 2 rings (SSSR count).